The SMILES string of the molecule is [2H]c1c([2H])c(-c2c3ccccc3c(-c3cccc4ccccc34)c3ccccc23)c([2H])c([2H])c1-c1c([2H])c([2H])c2oc3c([2H])c([2H])c([2H])c([2H])c3c2c1[2H]. The molecule has 0 unspecified atom stereocenters. The second kappa shape index (κ2) is 9.44. The van der Waals surface area contributed by atoms with Gasteiger partial charge in [-0.1, -0.05) is 139 Å². The van der Waals surface area contributed by atoms with Crippen LogP contribution >= 0.6 is 0 Å². The normalized spacial score (nSPS) is 15.3. The lowest BCUT2D eigenvalue weighted by atomic mass is 9.84. The van der Waals surface area contributed by atoms with Crippen LogP contribution in [0, 0.1) is 0 Å². The molecule has 1 nitrogen and oxygen atoms in total. The molecule has 8 aromatic carbocycles. The van der Waals surface area contributed by atoms with Crippen LogP contribution in [-0.4, -0.2) is 0 Å². The van der Waals surface area contributed by atoms with E-state index in [-0.39, 0.29) is 38.6 Å². The van der Waals surface area contributed by atoms with Crippen molar-refractivity contribution in [2.24, 2.45) is 0 Å². The number of furan rings is 1. The molecule has 0 spiro atoms. The molecule has 9 rings (SSSR count). The van der Waals surface area contributed by atoms with Gasteiger partial charge in [0, 0.05) is 10.8 Å². The largest absolute Gasteiger partial charge is 0.456 e. The van der Waals surface area contributed by atoms with E-state index < -0.39 is 66.5 Å². The van der Waals surface area contributed by atoms with Gasteiger partial charge in [0.2, 0.25) is 0 Å². The molecule has 0 aliphatic heterocycles. The maximum absolute atomic E-state index is 9.43. The molecule has 0 radical (unpaired) electrons. The van der Waals surface area contributed by atoms with Crippen LogP contribution in [0.2, 0.25) is 0 Å². The molecular formula is C42H26O. The van der Waals surface area contributed by atoms with E-state index in [4.69, 9.17) is 12.6 Å². The van der Waals surface area contributed by atoms with Crippen molar-refractivity contribution in [1.29, 1.82) is 0 Å². The van der Waals surface area contributed by atoms with E-state index in [1.54, 1.807) is 0 Å². The number of rotatable bonds is 3. The quantitative estimate of drug-likeness (QED) is 0.197. The monoisotopic (exact) mass is 557 g/mol. The van der Waals surface area contributed by atoms with Gasteiger partial charge in [-0.3, -0.25) is 0 Å². The third kappa shape index (κ3) is 3.72. The summed E-state index contributed by atoms with van der Waals surface area (Å²) in [6.45, 7) is 0. The molecule has 9 aromatic rings. The molecule has 0 atom stereocenters. The fraction of sp³-hybridized carbons (Fsp3) is 0. The first-order valence-electron chi connectivity index (χ1n) is 19.4. The van der Waals surface area contributed by atoms with Crippen molar-refractivity contribution in [2.75, 3.05) is 0 Å². The molecule has 1 aromatic heterocycles. The Labute approximate surface area is 264 Å². The van der Waals surface area contributed by atoms with Crippen LogP contribution in [0.15, 0.2) is 162 Å². The van der Waals surface area contributed by atoms with Crippen molar-refractivity contribution >= 4 is 54.3 Å². The molecule has 200 valence electrons. The maximum Gasteiger partial charge on any atom is 0.135 e. The molecule has 0 amide bonds. The van der Waals surface area contributed by atoms with Crippen molar-refractivity contribution in [3.63, 3.8) is 0 Å². The Morgan fingerprint density at radius 1 is 0.395 bits per heavy atom. The van der Waals surface area contributed by atoms with Crippen molar-refractivity contribution < 1.29 is 19.5 Å². The third-order valence-corrected chi connectivity index (χ3v) is 8.00. The minimum Gasteiger partial charge on any atom is -0.456 e. The molecule has 43 heavy (non-hydrogen) atoms. The standard InChI is InChI=1S/C42H26O/c1-2-12-31-28(10-1)11-9-18-33(31)42-36-16-5-3-14-34(36)41(35-15-4-6-17-37(35)42)29-22-20-27(21-23-29)30-24-25-40-38(26-30)32-13-7-8-19-39(32)43-40/h1-26H/i7D,8D,13D,19D,20D,21D,22D,23D,24D,25D,26D. The van der Waals surface area contributed by atoms with Gasteiger partial charge in [0.05, 0.1) is 15.1 Å². The van der Waals surface area contributed by atoms with Crippen LogP contribution in [-0.2, 0) is 0 Å². The molecule has 1 heteroatoms. The van der Waals surface area contributed by atoms with E-state index in [0.717, 1.165) is 32.7 Å². The first kappa shape index (κ1) is 15.5. The van der Waals surface area contributed by atoms with Crippen molar-refractivity contribution in [2.45, 2.75) is 0 Å². The Balaban J connectivity index is 1.38. The van der Waals surface area contributed by atoms with Crippen LogP contribution in [0.5, 0.6) is 0 Å². The average molecular weight is 558 g/mol. The number of para-hydroxylation sites is 1. The minimum atomic E-state index is -0.592. The Hall–Kier alpha value is -5.66. The second-order valence-electron chi connectivity index (χ2n) is 10.4. The predicted octanol–water partition coefficient (Wildman–Crippen LogP) is 12.0. The first-order valence-corrected chi connectivity index (χ1v) is 13.9. The zero-order valence-electron chi connectivity index (χ0n) is 33.6. The highest BCUT2D eigenvalue weighted by Crippen LogP contribution is 2.45. The molecule has 0 fully saturated rings. The summed E-state index contributed by atoms with van der Waals surface area (Å²) in [6, 6.07) is 24.0. The fourth-order valence-electron chi connectivity index (χ4n) is 6.12. The van der Waals surface area contributed by atoms with Gasteiger partial charge in [-0.25, -0.2) is 0 Å². The molecule has 0 N–H and O–H groups in total. The molecule has 0 saturated heterocycles. The molecule has 0 saturated carbocycles. The summed E-state index contributed by atoms with van der Waals surface area (Å²) in [6.07, 6.45) is 0. The second-order valence-corrected chi connectivity index (χ2v) is 10.4. The highest BCUT2D eigenvalue weighted by atomic mass is 16.3. The van der Waals surface area contributed by atoms with Gasteiger partial charge >= 0.3 is 0 Å². The lowest BCUT2D eigenvalue weighted by Crippen LogP contribution is -1.91. The van der Waals surface area contributed by atoms with Crippen LogP contribution in [0.1, 0.15) is 15.1 Å². The lowest BCUT2D eigenvalue weighted by Gasteiger charge is -2.19. The van der Waals surface area contributed by atoms with Gasteiger partial charge in [0.15, 0.2) is 0 Å². The number of fused-ring (bicyclic) bond motifs is 6. The molecule has 0 aliphatic rings. The van der Waals surface area contributed by atoms with Crippen molar-refractivity contribution in [3.8, 4) is 33.4 Å². The summed E-state index contributed by atoms with van der Waals surface area (Å²) in [4.78, 5) is 0. The Kier molecular flexibility index (Phi) is 3.41. The summed E-state index contributed by atoms with van der Waals surface area (Å²) >= 11 is 0. The van der Waals surface area contributed by atoms with E-state index in [9.17, 15) is 6.85 Å². The first-order chi connectivity index (χ1) is 25.9. The zero-order chi connectivity index (χ0) is 37.9. The van der Waals surface area contributed by atoms with E-state index in [1.165, 1.54) is 0 Å². The van der Waals surface area contributed by atoms with Crippen molar-refractivity contribution in [3.05, 3.63) is 157 Å². The number of benzene rings is 8. The van der Waals surface area contributed by atoms with Gasteiger partial charge in [-0.15, -0.1) is 0 Å². The Morgan fingerprint density at radius 3 is 1.70 bits per heavy atom. The summed E-state index contributed by atoms with van der Waals surface area (Å²) < 4.78 is 103. The van der Waals surface area contributed by atoms with Crippen LogP contribution < -0.4 is 0 Å². The lowest BCUT2D eigenvalue weighted by molar-refractivity contribution is 0.669. The molecule has 0 bridgehead atoms. The van der Waals surface area contributed by atoms with E-state index in [1.807, 2.05) is 66.7 Å². The summed E-state index contributed by atoms with van der Waals surface area (Å²) in [7, 11) is 0. The predicted molar refractivity (Wildman–Crippen MR) is 183 cm³/mol. The van der Waals surface area contributed by atoms with E-state index in [2.05, 4.69) is 24.3 Å². The smallest absolute Gasteiger partial charge is 0.135 e. The van der Waals surface area contributed by atoms with Gasteiger partial charge in [-0.2, -0.15) is 0 Å². The van der Waals surface area contributed by atoms with Gasteiger partial charge in [-0.05, 0) is 83.8 Å². The van der Waals surface area contributed by atoms with Gasteiger partial charge in [0.25, 0.3) is 0 Å². The fourth-order valence-corrected chi connectivity index (χ4v) is 6.12. The maximum atomic E-state index is 9.43. The number of hydrogen-bond donors (Lipinski definition) is 0. The van der Waals surface area contributed by atoms with Gasteiger partial charge < -0.3 is 4.42 Å². The average Bonchev–Trinajstić information content (AvgIpc) is 3.60. The highest BCUT2D eigenvalue weighted by Gasteiger charge is 2.18. The van der Waals surface area contributed by atoms with Crippen LogP contribution in [0.25, 0.3) is 87.6 Å². The molecule has 1 heterocycles. The van der Waals surface area contributed by atoms with E-state index in [0.29, 0.717) is 16.3 Å². The van der Waals surface area contributed by atoms with Crippen LogP contribution in [0.4, 0.5) is 0 Å². The van der Waals surface area contributed by atoms with Crippen LogP contribution in [0.3, 0.4) is 0 Å². The third-order valence-electron chi connectivity index (χ3n) is 8.00. The minimum absolute atomic E-state index is 0.0405. The zero-order valence-corrected chi connectivity index (χ0v) is 22.6. The topological polar surface area (TPSA) is 13.1 Å². The van der Waals surface area contributed by atoms with E-state index >= 15 is 0 Å². The molecular weight excluding hydrogens is 520 g/mol. The Bertz CT molecular complexity index is 3040. The summed E-state index contributed by atoms with van der Waals surface area (Å²) in [5, 5.41) is 4.93. The highest BCUT2D eigenvalue weighted by molar-refractivity contribution is 6.23. The summed E-state index contributed by atoms with van der Waals surface area (Å²) in [5.41, 5.74) is 1.20. The van der Waals surface area contributed by atoms with Crippen molar-refractivity contribution in [1.82, 2.24) is 0 Å². The van der Waals surface area contributed by atoms with Gasteiger partial charge in [0.1, 0.15) is 11.2 Å². The number of hydrogen-bond acceptors (Lipinski definition) is 1. The Morgan fingerprint density at radius 2 is 0.953 bits per heavy atom. The summed E-state index contributed by atoms with van der Waals surface area (Å²) in [5.74, 6) is 0. The molecule has 0 aliphatic carbocycles.